The number of amides is 1. The van der Waals surface area contributed by atoms with Crippen molar-refractivity contribution in [2.45, 2.75) is 32.4 Å². The van der Waals surface area contributed by atoms with Gasteiger partial charge in [0.1, 0.15) is 0 Å². The van der Waals surface area contributed by atoms with Crippen LogP contribution >= 0.6 is 0 Å². The second-order valence-electron chi connectivity index (χ2n) is 4.31. The maximum atomic E-state index is 12.2. The summed E-state index contributed by atoms with van der Waals surface area (Å²) in [5, 5.41) is 0. The molecule has 16 heavy (non-hydrogen) atoms. The molecule has 0 spiro atoms. The molecule has 0 radical (unpaired) electrons. The molecule has 0 aliphatic carbocycles. The number of carbonyl (C=O) groups is 1. The van der Waals surface area contributed by atoms with Gasteiger partial charge in [-0.2, -0.15) is 0 Å². The molecule has 1 heterocycles. The van der Waals surface area contributed by atoms with Crippen molar-refractivity contribution in [1.82, 2.24) is 4.90 Å². The summed E-state index contributed by atoms with van der Waals surface area (Å²) >= 11 is 0. The molecule has 1 amide bonds. The summed E-state index contributed by atoms with van der Waals surface area (Å²) in [5.74, 6) is 0.125. The third-order valence-electron chi connectivity index (χ3n) is 3.41. The Balaban J connectivity index is 2.43. The molecule has 1 aliphatic rings. The van der Waals surface area contributed by atoms with E-state index in [2.05, 4.69) is 13.8 Å². The fourth-order valence-electron chi connectivity index (χ4n) is 2.36. The van der Waals surface area contributed by atoms with Crippen molar-refractivity contribution in [3.63, 3.8) is 0 Å². The van der Waals surface area contributed by atoms with E-state index in [9.17, 15) is 4.79 Å². The van der Waals surface area contributed by atoms with Gasteiger partial charge < -0.3 is 10.6 Å². The van der Waals surface area contributed by atoms with Crippen LogP contribution < -0.4 is 5.73 Å². The summed E-state index contributed by atoms with van der Waals surface area (Å²) in [5.41, 5.74) is 7.70. The van der Waals surface area contributed by atoms with Gasteiger partial charge in [0.05, 0.1) is 6.04 Å². The Labute approximate surface area is 96.2 Å². The van der Waals surface area contributed by atoms with Crippen molar-refractivity contribution in [2.75, 3.05) is 6.54 Å². The first-order chi connectivity index (χ1) is 7.70. The summed E-state index contributed by atoms with van der Waals surface area (Å²) in [7, 11) is 0. The van der Waals surface area contributed by atoms with Crippen LogP contribution in [0.4, 0.5) is 0 Å². The highest BCUT2D eigenvalue weighted by molar-refractivity contribution is 5.99. The average molecular weight is 218 g/mol. The Morgan fingerprint density at radius 2 is 2.12 bits per heavy atom. The lowest BCUT2D eigenvalue weighted by atomic mass is 10.0. The van der Waals surface area contributed by atoms with Crippen LogP contribution in [0.3, 0.4) is 0 Å². The second kappa shape index (κ2) is 4.26. The highest BCUT2D eigenvalue weighted by Crippen LogP contribution is 2.34. The van der Waals surface area contributed by atoms with Crippen molar-refractivity contribution in [1.29, 1.82) is 0 Å². The van der Waals surface area contributed by atoms with Crippen LogP contribution in [0.1, 0.15) is 42.2 Å². The lowest BCUT2D eigenvalue weighted by Crippen LogP contribution is -2.38. The first-order valence-electron chi connectivity index (χ1n) is 5.82. The first kappa shape index (κ1) is 11.1. The van der Waals surface area contributed by atoms with E-state index in [1.165, 1.54) is 0 Å². The van der Waals surface area contributed by atoms with Crippen LogP contribution in [0.5, 0.6) is 0 Å². The molecule has 2 rings (SSSR count). The number of carbonyl (C=O) groups excluding carboxylic acids is 1. The van der Waals surface area contributed by atoms with Gasteiger partial charge in [-0.3, -0.25) is 4.79 Å². The summed E-state index contributed by atoms with van der Waals surface area (Å²) < 4.78 is 0. The number of hydrogen-bond acceptors (Lipinski definition) is 2. The van der Waals surface area contributed by atoms with Gasteiger partial charge in [0.2, 0.25) is 0 Å². The number of nitrogens with two attached hydrogens (primary N) is 1. The number of nitrogens with zero attached hydrogens (tertiary/aromatic N) is 1. The molecule has 2 N–H and O–H groups in total. The minimum atomic E-state index is 0.0543. The lowest BCUT2D eigenvalue weighted by Gasteiger charge is -2.29. The molecule has 3 nitrogen and oxygen atoms in total. The Bertz CT molecular complexity index is 403. The predicted molar refractivity (Wildman–Crippen MR) is 64.2 cm³/mol. The molecule has 3 heteroatoms. The van der Waals surface area contributed by atoms with Gasteiger partial charge in [0, 0.05) is 18.2 Å². The summed E-state index contributed by atoms with van der Waals surface area (Å²) in [6.07, 6.45) is 0.955. The normalized spacial score (nSPS) is 21.1. The zero-order valence-corrected chi connectivity index (χ0v) is 9.81. The monoisotopic (exact) mass is 218 g/mol. The highest BCUT2D eigenvalue weighted by atomic mass is 16.2. The Hall–Kier alpha value is -1.35. The van der Waals surface area contributed by atoms with Gasteiger partial charge in [-0.05, 0) is 25.0 Å². The molecule has 0 aromatic heterocycles. The Kier molecular flexibility index (Phi) is 2.97. The van der Waals surface area contributed by atoms with Crippen molar-refractivity contribution in [3.05, 3.63) is 35.4 Å². The lowest BCUT2D eigenvalue weighted by molar-refractivity contribution is 0.0647. The molecule has 1 aliphatic heterocycles. The van der Waals surface area contributed by atoms with Gasteiger partial charge in [-0.1, -0.05) is 25.1 Å². The van der Waals surface area contributed by atoms with Gasteiger partial charge in [0.25, 0.3) is 5.91 Å². The standard InChI is InChI=1S/C13H18N2O/c1-3-9(2)15-12(8-14)10-6-4-5-7-11(10)13(15)16/h4-7,9,12H,3,8,14H2,1-2H3/t9-,12-/m0/s1. The van der Waals surface area contributed by atoms with E-state index >= 15 is 0 Å². The SMILES string of the molecule is CC[C@H](C)N1C(=O)c2ccccc2[C@@H]1CN. The van der Waals surface area contributed by atoms with E-state index in [0.29, 0.717) is 6.54 Å². The number of hydrogen-bond donors (Lipinski definition) is 1. The summed E-state index contributed by atoms with van der Waals surface area (Å²) in [6.45, 7) is 4.66. The van der Waals surface area contributed by atoms with Crippen LogP contribution in [0.15, 0.2) is 24.3 Å². The van der Waals surface area contributed by atoms with Crippen LogP contribution in [0, 0.1) is 0 Å². The fourth-order valence-corrected chi connectivity index (χ4v) is 2.36. The van der Waals surface area contributed by atoms with Gasteiger partial charge in [0.15, 0.2) is 0 Å². The summed E-state index contributed by atoms with van der Waals surface area (Å²) in [6, 6.07) is 8.07. The van der Waals surface area contributed by atoms with E-state index < -0.39 is 0 Å². The van der Waals surface area contributed by atoms with Gasteiger partial charge in [-0.15, -0.1) is 0 Å². The zero-order chi connectivity index (χ0) is 11.7. The zero-order valence-electron chi connectivity index (χ0n) is 9.81. The van der Waals surface area contributed by atoms with E-state index in [1.54, 1.807) is 0 Å². The van der Waals surface area contributed by atoms with Crippen LogP contribution in [0.2, 0.25) is 0 Å². The highest BCUT2D eigenvalue weighted by Gasteiger charge is 2.37. The third-order valence-corrected chi connectivity index (χ3v) is 3.41. The molecular formula is C13H18N2O. The molecular weight excluding hydrogens is 200 g/mol. The van der Waals surface area contributed by atoms with Crippen molar-refractivity contribution in [2.24, 2.45) is 5.73 Å². The fraction of sp³-hybridized carbons (Fsp3) is 0.462. The predicted octanol–water partition coefficient (Wildman–Crippen LogP) is 1.94. The minimum Gasteiger partial charge on any atom is -0.328 e. The number of fused-ring (bicyclic) bond motifs is 1. The molecule has 1 aromatic carbocycles. The van der Waals surface area contributed by atoms with Gasteiger partial charge >= 0.3 is 0 Å². The van der Waals surface area contributed by atoms with Crippen LogP contribution in [-0.4, -0.2) is 23.4 Å². The molecule has 2 atom stereocenters. The molecule has 0 fully saturated rings. The largest absolute Gasteiger partial charge is 0.328 e. The van der Waals surface area contributed by atoms with Crippen molar-refractivity contribution < 1.29 is 4.79 Å². The molecule has 0 unspecified atom stereocenters. The minimum absolute atomic E-state index is 0.0543. The second-order valence-corrected chi connectivity index (χ2v) is 4.31. The molecule has 0 bridgehead atoms. The van der Waals surface area contributed by atoms with Gasteiger partial charge in [-0.25, -0.2) is 0 Å². The Morgan fingerprint density at radius 1 is 1.44 bits per heavy atom. The van der Waals surface area contributed by atoms with E-state index in [0.717, 1.165) is 17.5 Å². The smallest absolute Gasteiger partial charge is 0.255 e. The first-order valence-corrected chi connectivity index (χ1v) is 5.82. The molecule has 86 valence electrons. The topological polar surface area (TPSA) is 46.3 Å². The molecule has 0 saturated heterocycles. The molecule has 0 saturated carbocycles. The maximum Gasteiger partial charge on any atom is 0.255 e. The number of benzene rings is 1. The number of rotatable bonds is 3. The average Bonchev–Trinajstić information content (AvgIpc) is 2.62. The van der Waals surface area contributed by atoms with Crippen molar-refractivity contribution in [3.8, 4) is 0 Å². The van der Waals surface area contributed by atoms with Crippen molar-refractivity contribution >= 4 is 5.91 Å². The summed E-state index contributed by atoms with van der Waals surface area (Å²) in [4.78, 5) is 14.2. The van der Waals surface area contributed by atoms with E-state index in [4.69, 9.17) is 5.73 Å². The molecule has 1 aromatic rings. The van der Waals surface area contributed by atoms with Crippen LogP contribution in [0.25, 0.3) is 0 Å². The quantitative estimate of drug-likeness (QED) is 0.842. The maximum absolute atomic E-state index is 12.2. The Morgan fingerprint density at radius 3 is 2.75 bits per heavy atom. The van der Waals surface area contributed by atoms with Crippen LogP contribution in [-0.2, 0) is 0 Å². The van der Waals surface area contributed by atoms with E-state index in [1.807, 2.05) is 29.2 Å². The van der Waals surface area contributed by atoms with E-state index in [-0.39, 0.29) is 18.0 Å². The third kappa shape index (κ3) is 1.52.